The van der Waals surface area contributed by atoms with Gasteiger partial charge in [-0.1, -0.05) is 6.08 Å². The number of carbonyl (C=O) groups excluding carboxylic acids is 1. The molecule has 0 radical (unpaired) electrons. The molecule has 1 heterocycles. The van der Waals surface area contributed by atoms with Gasteiger partial charge < -0.3 is 19.5 Å². The van der Waals surface area contributed by atoms with Crippen LogP contribution in [0.2, 0.25) is 0 Å². The summed E-state index contributed by atoms with van der Waals surface area (Å²) < 4.78 is 39.6. The lowest BCUT2D eigenvalue weighted by molar-refractivity contribution is -0.0477. The Morgan fingerprint density at radius 3 is 2.50 bits per heavy atom. The standard InChI is InChI=1S/C16H29NO6S/c1-13(17-15(18)23-16(2,3)4)8-12-24(19,20)11-6-5-7-14-21-9-10-22-14/h8,12-14H,5-7,9-11H2,1-4H3,(H,17,18)/b12-8-/t13-/m1/s1. The zero-order valence-corrected chi connectivity index (χ0v) is 15.7. The Morgan fingerprint density at radius 2 is 1.92 bits per heavy atom. The fourth-order valence-corrected chi connectivity index (χ4v) is 3.25. The van der Waals surface area contributed by atoms with Crippen molar-refractivity contribution >= 4 is 15.9 Å². The van der Waals surface area contributed by atoms with Crippen molar-refractivity contribution in [1.82, 2.24) is 5.32 Å². The number of unbranched alkanes of at least 4 members (excludes halogenated alkanes) is 1. The molecule has 0 spiro atoms. The number of carbonyl (C=O) groups is 1. The van der Waals surface area contributed by atoms with Gasteiger partial charge in [-0.25, -0.2) is 13.2 Å². The molecule has 8 heteroatoms. The Bertz CT molecular complexity index is 517. The molecule has 1 atom stereocenters. The SMILES string of the molecule is C[C@H](/C=C\S(=O)(=O)CCCCC1OCCO1)NC(=O)OC(C)(C)C. The maximum absolute atomic E-state index is 12.0. The van der Waals surface area contributed by atoms with E-state index in [0.717, 1.165) is 11.8 Å². The molecule has 0 aromatic rings. The highest BCUT2D eigenvalue weighted by molar-refractivity contribution is 7.94. The molecule has 1 amide bonds. The summed E-state index contributed by atoms with van der Waals surface area (Å²) in [5, 5.41) is 3.72. The first-order chi connectivity index (χ1) is 11.1. The molecule has 1 aliphatic rings. The Labute approximate surface area is 144 Å². The smallest absolute Gasteiger partial charge is 0.408 e. The van der Waals surface area contributed by atoms with Crippen molar-refractivity contribution < 1.29 is 27.4 Å². The summed E-state index contributed by atoms with van der Waals surface area (Å²) in [4.78, 5) is 11.6. The summed E-state index contributed by atoms with van der Waals surface area (Å²) >= 11 is 0. The normalized spacial score (nSPS) is 18.0. The van der Waals surface area contributed by atoms with Crippen molar-refractivity contribution in [2.45, 2.75) is 64.9 Å². The highest BCUT2D eigenvalue weighted by Crippen LogP contribution is 2.12. The van der Waals surface area contributed by atoms with Gasteiger partial charge in [0.05, 0.1) is 19.0 Å². The van der Waals surface area contributed by atoms with Crippen LogP contribution in [0.4, 0.5) is 4.79 Å². The van der Waals surface area contributed by atoms with E-state index in [4.69, 9.17) is 14.2 Å². The van der Waals surface area contributed by atoms with Crippen LogP contribution in [0.3, 0.4) is 0 Å². The van der Waals surface area contributed by atoms with Gasteiger partial charge in [-0.3, -0.25) is 0 Å². The molecule has 0 unspecified atom stereocenters. The molecule has 0 saturated carbocycles. The van der Waals surface area contributed by atoms with Gasteiger partial charge in [-0.15, -0.1) is 0 Å². The third kappa shape index (κ3) is 9.89. The van der Waals surface area contributed by atoms with Gasteiger partial charge in [0.2, 0.25) is 0 Å². The van der Waals surface area contributed by atoms with E-state index in [2.05, 4.69) is 5.32 Å². The van der Waals surface area contributed by atoms with Crippen LogP contribution in [-0.4, -0.2) is 51.4 Å². The van der Waals surface area contributed by atoms with Gasteiger partial charge >= 0.3 is 6.09 Å². The Balaban J connectivity index is 2.28. The Hall–Kier alpha value is -1.12. The lowest BCUT2D eigenvalue weighted by Crippen LogP contribution is -2.36. The summed E-state index contributed by atoms with van der Waals surface area (Å²) in [6, 6.07) is -0.435. The van der Waals surface area contributed by atoms with Crippen molar-refractivity contribution in [3.05, 3.63) is 11.5 Å². The average molecular weight is 363 g/mol. The summed E-state index contributed by atoms with van der Waals surface area (Å²) in [5.41, 5.74) is -0.591. The monoisotopic (exact) mass is 363 g/mol. The first kappa shape index (κ1) is 20.9. The van der Waals surface area contributed by atoms with Crippen molar-refractivity contribution in [2.24, 2.45) is 0 Å². The number of ether oxygens (including phenoxy) is 3. The number of hydrogen-bond donors (Lipinski definition) is 1. The van der Waals surface area contributed by atoms with E-state index in [1.165, 1.54) is 6.08 Å². The summed E-state index contributed by atoms with van der Waals surface area (Å²) in [7, 11) is -3.30. The Morgan fingerprint density at radius 1 is 1.29 bits per heavy atom. The summed E-state index contributed by atoms with van der Waals surface area (Å²) in [6.45, 7) is 8.19. The number of alkyl carbamates (subject to hydrolysis) is 1. The van der Waals surface area contributed by atoms with Crippen LogP contribution in [0.1, 0.15) is 47.0 Å². The van der Waals surface area contributed by atoms with E-state index >= 15 is 0 Å². The topological polar surface area (TPSA) is 90.9 Å². The second kappa shape index (κ2) is 9.39. The van der Waals surface area contributed by atoms with Gasteiger partial charge in [-0.05, 0) is 47.0 Å². The maximum atomic E-state index is 12.0. The minimum absolute atomic E-state index is 0.0649. The predicted molar refractivity (Wildman–Crippen MR) is 91.3 cm³/mol. The second-order valence-electron chi connectivity index (χ2n) is 6.80. The maximum Gasteiger partial charge on any atom is 0.408 e. The van der Waals surface area contributed by atoms with E-state index in [1.54, 1.807) is 27.7 Å². The Kier molecular flexibility index (Phi) is 8.18. The molecular formula is C16H29NO6S. The number of amides is 1. The molecule has 140 valence electrons. The number of rotatable bonds is 8. The number of nitrogens with one attached hydrogen (secondary N) is 1. The zero-order valence-electron chi connectivity index (χ0n) is 14.9. The van der Waals surface area contributed by atoms with Gasteiger partial charge in [0.25, 0.3) is 0 Å². The van der Waals surface area contributed by atoms with Crippen LogP contribution < -0.4 is 5.32 Å². The number of sulfone groups is 1. The molecule has 1 aliphatic heterocycles. The van der Waals surface area contributed by atoms with Crippen LogP contribution in [0, 0.1) is 0 Å². The molecule has 1 saturated heterocycles. The third-order valence-corrected chi connectivity index (χ3v) is 4.56. The van der Waals surface area contributed by atoms with Crippen molar-refractivity contribution in [3.8, 4) is 0 Å². The van der Waals surface area contributed by atoms with Gasteiger partial charge in [0.1, 0.15) is 5.60 Å². The number of hydrogen-bond acceptors (Lipinski definition) is 6. The first-order valence-electron chi connectivity index (χ1n) is 8.21. The molecule has 7 nitrogen and oxygen atoms in total. The van der Waals surface area contributed by atoms with Crippen LogP contribution in [0.5, 0.6) is 0 Å². The largest absolute Gasteiger partial charge is 0.444 e. The van der Waals surface area contributed by atoms with Crippen LogP contribution >= 0.6 is 0 Å². The minimum atomic E-state index is -3.30. The van der Waals surface area contributed by atoms with Crippen LogP contribution in [0.25, 0.3) is 0 Å². The van der Waals surface area contributed by atoms with Crippen LogP contribution in [0.15, 0.2) is 11.5 Å². The molecule has 1 N–H and O–H groups in total. The van der Waals surface area contributed by atoms with Gasteiger partial charge in [0, 0.05) is 11.4 Å². The van der Waals surface area contributed by atoms with E-state index in [1.807, 2.05) is 0 Å². The third-order valence-electron chi connectivity index (χ3n) is 3.13. The van der Waals surface area contributed by atoms with E-state index in [9.17, 15) is 13.2 Å². The quantitative estimate of drug-likeness (QED) is 0.666. The van der Waals surface area contributed by atoms with E-state index in [0.29, 0.717) is 26.1 Å². The molecule has 0 bridgehead atoms. The van der Waals surface area contributed by atoms with Crippen LogP contribution in [-0.2, 0) is 24.0 Å². The van der Waals surface area contributed by atoms with Crippen molar-refractivity contribution in [1.29, 1.82) is 0 Å². The molecule has 0 aromatic heterocycles. The summed E-state index contributed by atoms with van der Waals surface area (Å²) in [5.74, 6) is 0.0649. The lowest BCUT2D eigenvalue weighted by Gasteiger charge is -2.20. The first-order valence-corrected chi connectivity index (χ1v) is 9.93. The highest BCUT2D eigenvalue weighted by atomic mass is 32.2. The highest BCUT2D eigenvalue weighted by Gasteiger charge is 2.18. The predicted octanol–water partition coefficient (Wildman–Crippen LogP) is 2.37. The average Bonchev–Trinajstić information content (AvgIpc) is 2.92. The molecule has 24 heavy (non-hydrogen) atoms. The summed E-state index contributed by atoms with van der Waals surface area (Å²) in [6.07, 6.45) is 2.65. The fourth-order valence-electron chi connectivity index (χ4n) is 2.04. The second-order valence-corrected chi connectivity index (χ2v) is 8.80. The zero-order chi connectivity index (χ0) is 18.2. The molecular weight excluding hydrogens is 334 g/mol. The van der Waals surface area contributed by atoms with E-state index < -0.39 is 27.6 Å². The fraction of sp³-hybridized carbons (Fsp3) is 0.812. The van der Waals surface area contributed by atoms with Gasteiger partial charge in [-0.2, -0.15) is 0 Å². The minimum Gasteiger partial charge on any atom is -0.444 e. The molecule has 0 aromatic carbocycles. The lowest BCUT2D eigenvalue weighted by atomic mass is 10.2. The molecule has 1 fully saturated rings. The molecule has 1 rings (SSSR count). The molecule has 0 aliphatic carbocycles. The van der Waals surface area contributed by atoms with Crippen molar-refractivity contribution in [2.75, 3.05) is 19.0 Å². The van der Waals surface area contributed by atoms with Crippen molar-refractivity contribution in [3.63, 3.8) is 0 Å². The van der Waals surface area contributed by atoms with Gasteiger partial charge in [0.15, 0.2) is 16.1 Å². The van der Waals surface area contributed by atoms with E-state index in [-0.39, 0.29) is 12.0 Å².